The van der Waals surface area contributed by atoms with Gasteiger partial charge in [0.05, 0.1) is 17.4 Å². The molecule has 9 heteroatoms. The average molecular weight is 390 g/mol. The van der Waals surface area contributed by atoms with Crippen LogP contribution in [0.5, 0.6) is 0 Å². The van der Waals surface area contributed by atoms with Crippen molar-refractivity contribution < 1.29 is 0 Å². The molecule has 4 rings (SSSR count). The molecular weight excluding hydrogens is 374 g/mol. The first-order chi connectivity index (χ1) is 12.1. The lowest BCUT2D eigenvalue weighted by Crippen LogP contribution is -2.24. The number of thiazole rings is 1. The molecule has 0 aliphatic carbocycles. The van der Waals surface area contributed by atoms with Crippen LogP contribution in [0.3, 0.4) is 0 Å². The molecule has 128 valence electrons. The highest BCUT2D eigenvalue weighted by atomic mass is 32.2. The van der Waals surface area contributed by atoms with E-state index in [1.165, 1.54) is 16.6 Å². The molecule has 0 unspecified atom stereocenters. The number of hydrogen-bond acceptors (Lipinski definition) is 7. The summed E-state index contributed by atoms with van der Waals surface area (Å²) in [5.74, 6) is 0. The third kappa shape index (κ3) is 2.77. The summed E-state index contributed by atoms with van der Waals surface area (Å²) in [7, 11) is 1.88. The molecule has 3 heterocycles. The Balaban J connectivity index is 1.85. The van der Waals surface area contributed by atoms with Gasteiger partial charge in [0.2, 0.25) is 0 Å². The minimum absolute atomic E-state index is 0.110. The molecule has 0 aliphatic rings. The summed E-state index contributed by atoms with van der Waals surface area (Å²) >= 11 is 4.39. The maximum absolute atomic E-state index is 13.0. The fraction of sp³-hybridized carbons (Fsp3) is 0.188. The number of rotatable bonds is 4. The Bertz CT molecular complexity index is 1140. The van der Waals surface area contributed by atoms with Crippen LogP contribution in [-0.2, 0) is 13.6 Å². The monoisotopic (exact) mass is 389 g/mol. The topological polar surface area (TPSA) is 78.7 Å². The van der Waals surface area contributed by atoms with E-state index in [2.05, 4.69) is 10.1 Å². The Kier molecular flexibility index (Phi) is 4.32. The molecule has 0 atom stereocenters. The lowest BCUT2D eigenvalue weighted by Gasteiger charge is -2.07. The van der Waals surface area contributed by atoms with Gasteiger partial charge in [-0.05, 0) is 35.9 Å². The third-order valence-corrected chi connectivity index (χ3v) is 6.64. The predicted octanol–water partition coefficient (Wildman–Crippen LogP) is 3.08. The van der Waals surface area contributed by atoms with Gasteiger partial charge in [0, 0.05) is 17.3 Å². The van der Waals surface area contributed by atoms with Crippen molar-refractivity contribution in [2.45, 2.75) is 15.8 Å². The number of thioether (sulfide) groups is 1. The molecule has 0 saturated heterocycles. The minimum Gasteiger partial charge on any atom is -0.323 e. The minimum atomic E-state index is -0.110. The summed E-state index contributed by atoms with van der Waals surface area (Å²) in [5, 5.41) is 10.9. The first-order valence-corrected chi connectivity index (χ1v) is 10.4. The van der Waals surface area contributed by atoms with Crippen molar-refractivity contribution in [2.75, 3.05) is 6.26 Å². The second kappa shape index (κ2) is 6.49. The molecule has 0 aliphatic heterocycles. The maximum atomic E-state index is 13.0. The zero-order valence-electron chi connectivity index (χ0n) is 13.6. The number of fused-ring (bicyclic) bond motifs is 3. The number of nitrogens with two attached hydrogens (primary N) is 1. The van der Waals surface area contributed by atoms with Gasteiger partial charge < -0.3 is 4.57 Å². The van der Waals surface area contributed by atoms with Gasteiger partial charge in [-0.3, -0.25) is 9.93 Å². The largest absolute Gasteiger partial charge is 0.323 e. The molecule has 0 amide bonds. The smallest absolute Gasteiger partial charge is 0.291 e. The highest BCUT2D eigenvalue weighted by Gasteiger charge is 2.18. The molecule has 0 radical (unpaired) electrons. The SMILES string of the molecule is CSc1nc2c(s1)c1cnn(Cc3cccc(SN)c3)c(=O)c1n2C. The van der Waals surface area contributed by atoms with Crippen LogP contribution in [0.2, 0.25) is 0 Å². The summed E-state index contributed by atoms with van der Waals surface area (Å²) in [4.78, 5) is 18.5. The Morgan fingerprint density at radius 3 is 2.96 bits per heavy atom. The first-order valence-electron chi connectivity index (χ1n) is 7.47. The maximum Gasteiger partial charge on any atom is 0.291 e. The van der Waals surface area contributed by atoms with E-state index in [0.717, 1.165) is 30.5 Å². The van der Waals surface area contributed by atoms with Gasteiger partial charge in [-0.15, -0.1) is 11.3 Å². The summed E-state index contributed by atoms with van der Waals surface area (Å²) < 4.78 is 5.36. The molecule has 0 bridgehead atoms. The Labute approximate surface area is 156 Å². The van der Waals surface area contributed by atoms with Crippen LogP contribution in [-0.4, -0.2) is 25.6 Å². The fourth-order valence-corrected chi connectivity index (χ4v) is 4.84. The van der Waals surface area contributed by atoms with Crippen molar-refractivity contribution in [1.82, 2.24) is 19.3 Å². The lowest BCUT2D eigenvalue weighted by molar-refractivity contribution is 0.643. The second-order valence-electron chi connectivity index (χ2n) is 5.53. The van der Waals surface area contributed by atoms with Crippen molar-refractivity contribution in [2.24, 2.45) is 12.2 Å². The van der Waals surface area contributed by atoms with E-state index < -0.39 is 0 Å². The molecule has 1 aromatic carbocycles. The van der Waals surface area contributed by atoms with E-state index in [1.807, 2.05) is 42.1 Å². The average Bonchev–Trinajstić information content (AvgIpc) is 3.17. The van der Waals surface area contributed by atoms with Crippen molar-refractivity contribution in [3.05, 3.63) is 46.4 Å². The van der Waals surface area contributed by atoms with E-state index in [1.54, 1.807) is 29.3 Å². The molecule has 6 nitrogen and oxygen atoms in total. The standard InChI is InChI=1S/C16H15N5OS3/c1-20-12-11(13-14(20)19-16(23-2)24-13)7-18-21(15(12)22)8-9-4-3-5-10(6-9)25-17/h3-7H,8,17H2,1-2H3. The van der Waals surface area contributed by atoms with Crippen molar-refractivity contribution >= 4 is 56.3 Å². The summed E-state index contributed by atoms with van der Waals surface area (Å²) in [5.41, 5.74) is 2.35. The van der Waals surface area contributed by atoms with Gasteiger partial charge in [0.1, 0.15) is 5.52 Å². The molecule has 4 aromatic rings. The Morgan fingerprint density at radius 1 is 1.36 bits per heavy atom. The van der Waals surface area contributed by atoms with Crippen LogP contribution in [0, 0.1) is 0 Å². The molecule has 2 N–H and O–H groups in total. The Hall–Kier alpha value is -1.81. The number of hydrogen-bond donors (Lipinski definition) is 1. The normalized spacial score (nSPS) is 11.6. The zero-order valence-corrected chi connectivity index (χ0v) is 16.0. The van der Waals surface area contributed by atoms with Crippen LogP contribution < -0.4 is 10.7 Å². The molecule has 0 fully saturated rings. The van der Waals surface area contributed by atoms with Crippen LogP contribution >= 0.6 is 35.0 Å². The molecule has 25 heavy (non-hydrogen) atoms. The van der Waals surface area contributed by atoms with Crippen LogP contribution in [0.15, 0.2) is 44.5 Å². The van der Waals surface area contributed by atoms with Gasteiger partial charge in [-0.2, -0.15) is 5.10 Å². The Morgan fingerprint density at radius 2 is 2.20 bits per heavy atom. The van der Waals surface area contributed by atoms with E-state index >= 15 is 0 Å². The summed E-state index contributed by atoms with van der Waals surface area (Å²) in [6.07, 6.45) is 3.77. The van der Waals surface area contributed by atoms with Crippen molar-refractivity contribution in [3.8, 4) is 0 Å². The second-order valence-corrected chi connectivity index (χ2v) is 8.29. The van der Waals surface area contributed by atoms with E-state index in [0.29, 0.717) is 12.1 Å². The highest BCUT2D eigenvalue weighted by Crippen LogP contribution is 2.34. The zero-order chi connectivity index (χ0) is 17.6. The lowest BCUT2D eigenvalue weighted by atomic mass is 10.2. The summed E-state index contributed by atoms with van der Waals surface area (Å²) in [6.45, 7) is 0.408. The number of aromatic nitrogens is 4. The van der Waals surface area contributed by atoms with Crippen molar-refractivity contribution in [1.29, 1.82) is 0 Å². The molecule has 0 saturated carbocycles. The molecule has 0 spiro atoms. The van der Waals surface area contributed by atoms with E-state index in [9.17, 15) is 4.79 Å². The number of benzene rings is 1. The van der Waals surface area contributed by atoms with Gasteiger partial charge in [-0.25, -0.2) is 9.67 Å². The molecule has 3 aromatic heterocycles. The van der Waals surface area contributed by atoms with Crippen LogP contribution in [0.4, 0.5) is 0 Å². The third-order valence-electron chi connectivity index (χ3n) is 4.05. The highest BCUT2D eigenvalue weighted by molar-refractivity contribution is 8.00. The van der Waals surface area contributed by atoms with Crippen LogP contribution in [0.1, 0.15) is 5.56 Å². The number of nitrogens with zero attached hydrogens (tertiary/aromatic N) is 4. The van der Waals surface area contributed by atoms with E-state index in [4.69, 9.17) is 5.14 Å². The van der Waals surface area contributed by atoms with Gasteiger partial charge in [0.15, 0.2) is 9.99 Å². The van der Waals surface area contributed by atoms with E-state index in [-0.39, 0.29) is 5.56 Å². The number of aryl methyl sites for hydroxylation is 1. The molecular formula is C16H15N5OS3. The van der Waals surface area contributed by atoms with Gasteiger partial charge >= 0.3 is 0 Å². The predicted molar refractivity (Wildman–Crippen MR) is 106 cm³/mol. The first kappa shape index (κ1) is 16.6. The summed E-state index contributed by atoms with van der Waals surface area (Å²) in [6, 6.07) is 7.81. The fourth-order valence-electron chi connectivity index (χ4n) is 2.86. The van der Waals surface area contributed by atoms with Gasteiger partial charge in [0.25, 0.3) is 5.56 Å². The quantitative estimate of drug-likeness (QED) is 0.427. The van der Waals surface area contributed by atoms with Gasteiger partial charge in [-0.1, -0.05) is 23.9 Å². The van der Waals surface area contributed by atoms with Crippen LogP contribution in [0.25, 0.3) is 21.3 Å². The van der Waals surface area contributed by atoms with Crippen molar-refractivity contribution in [3.63, 3.8) is 0 Å².